The van der Waals surface area contributed by atoms with E-state index in [1.54, 1.807) is 0 Å². The van der Waals surface area contributed by atoms with E-state index in [0.29, 0.717) is 18.4 Å². The molecule has 0 spiro atoms. The number of nitrogens with zero attached hydrogens (tertiary/aromatic N) is 5. The number of rotatable bonds is 2. The highest BCUT2D eigenvalue weighted by molar-refractivity contribution is 6.28. The van der Waals surface area contributed by atoms with Gasteiger partial charge in [-0.1, -0.05) is 0 Å². The summed E-state index contributed by atoms with van der Waals surface area (Å²) in [4.78, 5) is 17.3. The summed E-state index contributed by atoms with van der Waals surface area (Å²) in [6, 6.07) is 0. The van der Waals surface area contributed by atoms with E-state index in [1.807, 2.05) is 11.8 Å². The van der Waals surface area contributed by atoms with Gasteiger partial charge in [-0.15, -0.1) is 0 Å². The summed E-state index contributed by atoms with van der Waals surface area (Å²) in [5.74, 6) is 1.24. The van der Waals surface area contributed by atoms with Crippen LogP contribution in [0.15, 0.2) is 0 Å². The average Bonchev–Trinajstić information content (AvgIpc) is 2.46. The topological polar surface area (TPSA) is 65.4 Å². The molecule has 2 saturated heterocycles. The van der Waals surface area contributed by atoms with Crippen molar-refractivity contribution in [1.29, 1.82) is 0 Å². The van der Waals surface area contributed by atoms with E-state index in [4.69, 9.17) is 11.6 Å². The van der Waals surface area contributed by atoms with Gasteiger partial charge in [0.1, 0.15) is 0 Å². The van der Waals surface area contributed by atoms with Crippen molar-refractivity contribution in [3.05, 3.63) is 5.28 Å². The lowest BCUT2D eigenvalue weighted by Crippen LogP contribution is -2.47. The standard InChI is InChI=1S/C14H22ClN5O/c1-14(21)6-5-9-20(10-14)13-17-11(15)16-12(18-13)19-7-3-2-4-8-19/h21H,2-10H2,1H3. The van der Waals surface area contributed by atoms with E-state index >= 15 is 0 Å². The lowest BCUT2D eigenvalue weighted by Gasteiger charge is -2.37. The third-order valence-electron chi connectivity index (χ3n) is 4.18. The van der Waals surface area contributed by atoms with Crippen LogP contribution in [0.3, 0.4) is 0 Å². The maximum atomic E-state index is 10.2. The summed E-state index contributed by atoms with van der Waals surface area (Å²) < 4.78 is 0. The van der Waals surface area contributed by atoms with Gasteiger partial charge in [-0.05, 0) is 50.6 Å². The Morgan fingerprint density at radius 1 is 0.952 bits per heavy atom. The van der Waals surface area contributed by atoms with Crippen LogP contribution in [0.2, 0.25) is 5.28 Å². The molecule has 2 fully saturated rings. The van der Waals surface area contributed by atoms with Gasteiger partial charge in [0.25, 0.3) is 0 Å². The molecule has 3 heterocycles. The molecule has 0 bridgehead atoms. The molecule has 0 amide bonds. The number of aliphatic hydroxyl groups is 1. The molecular weight excluding hydrogens is 290 g/mol. The average molecular weight is 312 g/mol. The number of piperidine rings is 2. The highest BCUT2D eigenvalue weighted by Crippen LogP contribution is 2.26. The highest BCUT2D eigenvalue weighted by Gasteiger charge is 2.30. The molecule has 0 aliphatic carbocycles. The van der Waals surface area contributed by atoms with Crippen molar-refractivity contribution in [2.45, 2.75) is 44.6 Å². The third kappa shape index (κ3) is 3.55. The van der Waals surface area contributed by atoms with Crippen LogP contribution < -0.4 is 9.80 Å². The number of hydrogen-bond donors (Lipinski definition) is 1. The van der Waals surface area contributed by atoms with Crippen LogP contribution in [0.25, 0.3) is 0 Å². The fraction of sp³-hybridized carbons (Fsp3) is 0.786. The fourth-order valence-electron chi connectivity index (χ4n) is 3.10. The van der Waals surface area contributed by atoms with Crippen molar-refractivity contribution < 1.29 is 5.11 Å². The van der Waals surface area contributed by atoms with Crippen molar-refractivity contribution in [3.63, 3.8) is 0 Å². The van der Waals surface area contributed by atoms with Crippen LogP contribution in [0.5, 0.6) is 0 Å². The Hall–Kier alpha value is -1.14. The van der Waals surface area contributed by atoms with Crippen LogP contribution >= 0.6 is 11.6 Å². The van der Waals surface area contributed by atoms with Gasteiger partial charge >= 0.3 is 0 Å². The van der Waals surface area contributed by atoms with Crippen molar-refractivity contribution in [1.82, 2.24) is 15.0 Å². The number of anilines is 2. The van der Waals surface area contributed by atoms with E-state index in [9.17, 15) is 5.11 Å². The third-order valence-corrected chi connectivity index (χ3v) is 4.35. The summed E-state index contributed by atoms with van der Waals surface area (Å²) in [5.41, 5.74) is -0.692. The Bertz CT molecular complexity index is 504. The molecule has 0 aromatic carbocycles. The lowest BCUT2D eigenvalue weighted by molar-refractivity contribution is 0.0444. The van der Waals surface area contributed by atoms with Gasteiger partial charge in [-0.2, -0.15) is 15.0 Å². The van der Waals surface area contributed by atoms with Crippen molar-refractivity contribution >= 4 is 23.5 Å². The van der Waals surface area contributed by atoms with Gasteiger partial charge in [-0.25, -0.2) is 0 Å². The zero-order valence-corrected chi connectivity index (χ0v) is 13.2. The first-order valence-corrected chi connectivity index (χ1v) is 8.05. The Labute approximate surface area is 130 Å². The minimum absolute atomic E-state index is 0.228. The molecule has 1 N–H and O–H groups in total. The second-order valence-corrected chi connectivity index (χ2v) is 6.61. The van der Waals surface area contributed by atoms with Crippen LogP contribution in [-0.4, -0.2) is 51.8 Å². The maximum absolute atomic E-state index is 10.2. The summed E-state index contributed by atoms with van der Waals surface area (Å²) in [6.07, 6.45) is 5.32. The van der Waals surface area contributed by atoms with Crippen LogP contribution in [0.1, 0.15) is 39.0 Å². The number of hydrogen-bond acceptors (Lipinski definition) is 6. The minimum atomic E-state index is -0.692. The van der Waals surface area contributed by atoms with E-state index in [2.05, 4.69) is 19.9 Å². The monoisotopic (exact) mass is 311 g/mol. The molecule has 7 heteroatoms. The Morgan fingerprint density at radius 2 is 1.57 bits per heavy atom. The Kier molecular flexibility index (Phi) is 4.17. The number of aromatic nitrogens is 3. The van der Waals surface area contributed by atoms with Crippen LogP contribution in [0, 0.1) is 0 Å². The largest absolute Gasteiger partial charge is 0.388 e. The van der Waals surface area contributed by atoms with Crippen molar-refractivity contribution in [3.8, 4) is 0 Å². The Balaban J connectivity index is 1.83. The van der Waals surface area contributed by atoms with Gasteiger partial charge in [0, 0.05) is 26.2 Å². The molecule has 1 unspecified atom stereocenters. The molecular formula is C14H22ClN5O. The minimum Gasteiger partial charge on any atom is -0.388 e. The fourth-order valence-corrected chi connectivity index (χ4v) is 3.25. The number of β-amino-alcohol motifs (C(OH)–C–C–N with tert-alkyl or cyclic N) is 1. The first-order valence-electron chi connectivity index (χ1n) is 7.67. The van der Waals surface area contributed by atoms with Crippen LogP contribution in [0.4, 0.5) is 11.9 Å². The molecule has 2 aliphatic heterocycles. The van der Waals surface area contributed by atoms with Gasteiger partial charge in [-0.3, -0.25) is 0 Å². The zero-order chi connectivity index (χ0) is 14.9. The molecule has 0 radical (unpaired) electrons. The van der Waals surface area contributed by atoms with Crippen molar-refractivity contribution in [2.75, 3.05) is 36.0 Å². The van der Waals surface area contributed by atoms with Gasteiger partial charge in [0.05, 0.1) is 5.60 Å². The summed E-state index contributed by atoms with van der Waals surface area (Å²) in [7, 11) is 0. The first-order chi connectivity index (χ1) is 10.0. The quantitative estimate of drug-likeness (QED) is 0.899. The second kappa shape index (κ2) is 5.93. The lowest BCUT2D eigenvalue weighted by atomic mass is 9.95. The van der Waals surface area contributed by atoms with E-state index < -0.39 is 5.60 Å². The summed E-state index contributed by atoms with van der Waals surface area (Å²) in [5, 5.41) is 10.5. The molecule has 3 rings (SSSR count). The second-order valence-electron chi connectivity index (χ2n) is 6.27. The molecule has 1 atom stereocenters. The SMILES string of the molecule is CC1(O)CCCN(c2nc(Cl)nc(N3CCCCC3)n2)C1. The zero-order valence-electron chi connectivity index (χ0n) is 12.4. The summed E-state index contributed by atoms with van der Waals surface area (Å²) >= 11 is 6.08. The Morgan fingerprint density at radius 3 is 2.24 bits per heavy atom. The molecule has 21 heavy (non-hydrogen) atoms. The molecule has 0 saturated carbocycles. The van der Waals surface area contributed by atoms with Gasteiger partial charge in [0.15, 0.2) is 0 Å². The van der Waals surface area contributed by atoms with E-state index in [1.165, 1.54) is 6.42 Å². The molecule has 1 aromatic heterocycles. The van der Waals surface area contributed by atoms with Crippen LogP contribution in [-0.2, 0) is 0 Å². The number of halogens is 1. The van der Waals surface area contributed by atoms with Crippen molar-refractivity contribution in [2.24, 2.45) is 0 Å². The maximum Gasteiger partial charge on any atom is 0.231 e. The van der Waals surface area contributed by atoms with E-state index in [0.717, 1.165) is 45.3 Å². The van der Waals surface area contributed by atoms with Gasteiger partial charge < -0.3 is 14.9 Å². The molecule has 2 aliphatic rings. The molecule has 1 aromatic rings. The van der Waals surface area contributed by atoms with Gasteiger partial charge in [0.2, 0.25) is 17.2 Å². The normalized spacial score (nSPS) is 27.0. The molecule has 116 valence electrons. The highest BCUT2D eigenvalue weighted by atomic mass is 35.5. The molecule has 6 nitrogen and oxygen atoms in total. The van der Waals surface area contributed by atoms with E-state index in [-0.39, 0.29) is 5.28 Å². The predicted octanol–water partition coefficient (Wildman–Crippen LogP) is 1.87. The summed E-state index contributed by atoms with van der Waals surface area (Å²) in [6.45, 7) is 5.17. The first kappa shape index (κ1) is 14.8. The smallest absolute Gasteiger partial charge is 0.231 e. The predicted molar refractivity (Wildman–Crippen MR) is 83.0 cm³/mol.